The van der Waals surface area contributed by atoms with Crippen LogP contribution in [0.5, 0.6) is 0 Å². The van der Waals surface area contributed by atoms with Crippen molar-refractivity contribution in [2.75, 3.05) is 26.2 Å². The number of amides is 2. The molecule has 2 atom stereocenters. The molecule has 2 unspecified atom stereocenters. The second-order valence-corrected chi connectivity index (χ2v) is 10.9. The zero-order valence-corrected chi connectivity index (χ0v) is 20.7. The molecule has 3 aromatic rings. The van der Waals surface area contributed by atoms with E-state index < -0.39 is 5.41 Å². The van der Waals surface area contributed by atoms with Gasteiger partial charge < -0.3 is 10.2 Å². The molecule has 0 spiro atoms. The highest BCUT2D eigenvalue weighted by Gasteiger charge is 2.41. The first-order valence-electron chi connectivity index (χ1n) is 12.2. The highest BCUT2D eigenvalue weighted by molar-refractivity contribution is 7.18. The number of benzene rings is 2. The van der Waals surface area contributed by atoms with Crippen LogP contribution >= 0.6 is 11.3 Å². The third kappa shape index (κ3) is 4.72. The zero-order chi connectivity index (χ0) is 23.7. The second-order valence-electron chi connectivity index (χ2n) is 9.74. The number of nitrogens with one attached hydrogen (secondary N) is 1. The van der Waals surface area contributed by atoms with Crippen LogP contribution in [-0.2, 0) is 21.4 Å². The predicted octanol–water partition coefficient (Wildman–Crippen LogP) is 3.61. The molecule has 2 fully saturated rings. The molecule has 0 radical (unpaired) electrons. The van der Waals surface area contributed by atoms with Gasteiger partial charge in [-0.3, -0.25) is 14.5 Å². The van der Waals surface area contributed by atoms with Gasteiger partial charge in [0.2, 0.25) is 11.8 Å². The molecule has 2 heterocycles. The van der Waals surface area contributed by atoms with Crippen LogP contribution in [0.15, 0.2) is 54.6 Å². The van der Waals surface area contributed by atoms with Crippen LogP contribution in [0.4, 0.5) is 0 Å². The fourth-order valence-corrected chi connectivity index (χ4v) is 5.91. The van der Waals surface area contributed by atoms with E-state index in [0.29, 0.717) is 38.6 Å². The van der Waals surface area contributed by atoms with E-state index in [1.165, 1.54) is 0 Å². The Morgan fingerprint density at radius 1 is 1.06 bits per heavy atom. The molecule has 34 heavy (non-hydrogen) atoms. The Morgan fingerprint density at radius 2 is 1.74 bits per heavy atom. The van der Waals surface area contributed by atoms with Gasteiger partial charge in [0.1, 0.15) is 0 Å². The fraction of sp³-hybridized carbons (Fsp3) is 0.444. The van der Waals surface area contributed by atoms with E-state index in [-0.39, 0.29) is 17.9 Å². The van der Waals surface area contributed by atoms with Crippen molar-refractivity contribution in [1.29, 1.82) is 0 Å². The SMILES string of the molecule is CC(C(=O)NC1CC1)N1CCN(C(=O)C(C)(Cc2nc3ccccc3s2)c2ccccc2)CC1. The molecule has 5 rings (SSSR count). The van der Waals surface area contributed by atoms with Crippen molar-refractivity contribution < 1.29 is 9.59 Å². The number of para-hydroxylation sites is 1. The minimum absolute atomic E-state index is 0.104. The van der Waals surface area contributed by atoms with Gasteiger partial charge in [-0.25, -0.2) is 4.98 Å². The molecule has 1 saturated heterocycles. The summed E-state index contributed by atoms with van der Waals surface area (Å²) in [6.45, 7) is 6.68. The van der Waals surface area contributed by atoms with Crippen LogP contribution in [0, 0.1) is 0 Å². The predicted molar refractivity (Wildman–Crippen MR) is 136 cm³/mol. The lowest BCUT2D eigenvalue weighted by molar-refractivity contribution is -0.139. The number of hydrogen-bond donors (Lipinski definition) is 1. The van der Waals surface area contributed by atoms with Crippen molar-refractivity contribution in [3.63, 3.8) is 0 Å². The van der Waals surface area contributed by atoms with Gasteiger partial charge >= 0.3 is 0 Å². The molecule has 178 valence electrons. The summed E-state index contributed by atoms with van der Waals surface area (Å²) < 4.78 is 1.15. The standard InChI is InChI=1S/C27H32N4O2S/c1-19(25(32)28-21-12-13-21)30-14-16-31(17-15-30)26(33)27(2,20-8-4-3-5-9-20)18-24-29-22-10-6-7-11-23(22)34-24/h3-11,19,21H,12-18H2,1-2H3,(H,28,32). The maximum atomic E-state index is 14.0. The summed E-state index contributed by atoms with van der Waals surface area (Å²) in [6.07, 6.45) is 2.75. The Labute approximate surface area is 205 Å². The van der Waals surface area contributed by atoms with E-state index in [1.54, 1.807) is 11.3 Å². The summed E-state index contributed by atoms with van der Waals surface area (Å²) in [5.41, 5.74) is 1.29. The highest BCUT2D eigenvalue weighted by atomic mass is 32.1. The summed E-state index contributed by atoms with van der Waals surface area (Å²) in [5, 5.41) is 4.08. The lowest BCUT2D eigenvalue weighted by Crippen LogP contribution is -2.58. The summed E-state index contributed by atoms with van der Waals surface area (Å²) in [7, 11) is 0. The van der Waals surface area contributed by atoms with Crippen molar-refractivity contribution in [2.24, 2.45) is 0 Å². The third-order valence-corrected chi connectivity index (χ3v) is 8.21. The maximum absolute atomic E-state index is 14.0. The molecule has 7 heteroatoms. The van der Waals surface area contributed by atoms with Gasteiger partial charge in [-0.15, -0.1) is 11.3 Å². The molecule has 1 saturated carbocycles. The van der Waals surface area contributed by atoms with Crippen molar-refractivity contribution in [1.82, 2.24) is 20.1 Å². The van der Waals surface area contributed by atoms with Gasteiger partial charge in [0.25, 0.3) is 0 Å². The minimum Gasteiger partial charge on any atom is -0.352 e. The van der Waals surface area contributed by atoms with E-state index in [9.17, 15) is 9.59 Å². The highest BCUT2D eigenvalue weighted by Crippen LogP contribution is 2.34. The number of thiazole rings is 1. The Hall–Kier alpha value is -2.77. The van der Waals surface area contributed by atoms with Crippen LogP contribution in [0.25, 0.3) is 10.2 Å². The monoisotopic (exact) mass is 476 g/mol. The van der Waals surface area contributed by atoms with Crippen LogP contribution < -0.4 is 5.32 Å². The van der Waals surface area contributed by atoms with Gasteiger partial charge in [0.15, 0.2) is 0 Å². The lowest BCUT2D eigenvalue weighted by atomic mass is 9.78. The average Bonchev–Trinajstić information content (AvgIpc) is 3.59. The summed E-state index contributed by atoms with van der Waals surface area (Å²) in [6, 6.07) is 18.4. The Balaban J connectivity index is 1.32. The van der Waals surface area contributed by atoms with Crippen molar-refractivity contribution in [3.8, 4) is 0 Å². The molecular weight excluding hydrogens is 444 g/mol. The number of carbonyl (C=O) groups excluding carboxylic acids is 2. The quantitative estimate of drug-likeness (QED) is 0.566. The topological polar surface area (TPSA) is 65.5 Å². The van der Waals surface area contributed by atoms with E-state index in [0.717, 1.165) is 33.6 Å². The number of piperazine rings is 1. The van der Waals surface area contributed by atoms with Crippen LogP contribution in [0.3, 0.4) is 0 Å². The Morgan fingerprint density at radius 3 is 2.41 bits per heavy atom. The van der Waals surface area contributed by atoms with E-state index >= 15 is 0 Å². The molecule has 2 amide bonds. The number of rotatable bonds is 7. The first-order valence-corrected chi connectivity index (χ1v) is 13.0. The Kier molecular flexibility index (Phi) is 6.40. The van der Waals surface area contributed by atoms with Gasteiger partial charge in [0, 0.05) is 38.6 Å². The molecule has 6 nitrogen and oxygen atoms in total. The van der Waals surface area contributed by atoms with Crippen molar-refractivity contribution in [2.45, 2.75) is 50.6 Å². The zero-order valence-electron chi connectivity index (χ0n) is 19.9. The third-order valence-electron chi connectivity index (χ3n) is 7.18. The molecular formula is C27H32N4O2S. The smallest absolute Gasteiger partial charge is 0.237 e. The molecule has 2 aromatic carbocycles. The number of nitrogens with zero attached hydrogens (tertiary/aromatic N) is 3. The van der Waals surface area contributed by atoms with Crippen molar-refractivity contribution in [3.05, 3.63) is 65.2 Å². The van der Waals surface area contributed by atoms with Gasteiger partial charge in [-0.1, -0.05) is 42.5 Å². The lowest BCUT2D eigenvalue weighted by Gasteiger charge is -2.41. The first kappa shape index (κ1) is 23.0. The number of carbonyl (C=O) groups is 2. The molecule has 0 bridgehead atoms. The summed E-state index contributed by atoms with van der Waals surface area (Å²) >= 11 is 1.67. The van der Waals surface area contributed by atoms with Crippen molar-refractivity contribution >= 4 is 33.4 Å². The molecule has 1 N–H and O–H groups in total. The second kappa shape index (κ2) is 9.47. The largest absolute Gasteiger partial charge is 0.352 e. The van der Waals surface area contributed by atoms with Gasteiger partial charge in [0.05, 0.1) is 26.7 Å². The fourth-order valence-electron chi connectivity index (χ4n) is 4.78. The first-order chi connectivity index (χ1) is 16.4. The van der Waals surface area contributed by atoms with E-state index in [2.05, 4.69) is 23.2 Å². The summed E-state index contributed by atoms with van der Waals surface area (Å²) in [4.78, 5) is 35.5. The molecule has 1 aromatic heterocycles. The number of hydrogen-bond acceptors (Lipinski definition) is 5. The molecule has 1 aliphatic carbocycles. The summed E-state index contributed by atoms with van der Waals surface area (Å²) in [5.74, 6) is 0.236. The van der Waals surface area contributed by atoms with E-state index in [1.807, 2.05) is 60.4 Å². The van der Waals surface area contributed by atoms with Gasteiger partial charge in [-0.2, -0.15) is 0 Å². The average molecular weight is 477 g/mol. The number of aromatic nitrogens is 1. The number of fused-ring (bicyclic) bond motifs is 1. The minimum atomic E-state index is -0.702. The van der Waals surface area contributed by atoms with Crippen LogP contribution in [0.1, 0.15) is 37.3 Å². The maximum Gasteiger partial charge on any atom is 0.237 e. The normalized spacial score (nSPS) is 19.5. The van der Waals surface area contributed by atoms with Crippen LogP contribution in [0.2, 0.25) is 0 Å². The van der Waals surface area contributed by atoms with E-state index in [4.69, 9.17) is 4.98 Å². The molecule has 2 aliphatic rings. The Bertz CT molecular complexity index is 1130. The molecule has 1 aliphatic heterocycles. The van der Waals surface area contributed by atoms with Crippen LogP contribution in [-0.4, -0.2) is 64.9 Å². The van der Waals surface area contributed by atoms with Gasteiger partial charge in [-0.05, 0) is 44.4 Å².